The molecule has 0 aromatic carbocycles. The van der Waals surface area contributed by atoms with Crippen LogP contribution >= 0.6 is 0 Å². The molecule has 0 aliphatic carbocycles. The Balaban J connectivity index is 2.15. The van der Waals surface area contributed by atoms with Crippen LogP contribution in [0.25, 0.3) is 0 Å². The highest BCUT2D eigenvalue weighted by Gasteiger charge is 2.56. The second-order valence-electron chi connectivity index (χ2n) is 4.32. The zero-order valence-corrected chi connectivity index (χ0v) is 8.24. The summed E-state index contributed by atoms with van der Waals surface area (Å²) in [6.45, 7) is 3.64. The fourth-order valence-corrected chi connectivity index (χ4v) is 2.75. The van der Waals surface area contributed by atoms with Gasteiger partial charge in [-0.05, 0) is 32.1 Å². The molecule has 14 heavy (non-hydrogen) atoms. The Morgan fingerprint density at radius 1 is 1.64 bits per heavy atom. The molecule has 3 unspecified atom stereocenters. The van der Waals surface area contributed by atoms with Crippen molar-refractivity contribution in [2.75, 3.05) is 0 Å². The summed E-state index contributed by atoms with van der Waals surface area (Å²) in [6.07, 6.45) is 6.01. The maximum Gasteiger partial charge on any atom is 0.312 e. The Morgan fingerprint density at radius 3 is 2.86 bits per heavy atom. The van der Waals surface area contributed by atoms with Crippen molar-refractivity contribution in [3.05, 3.63) is 12.7 Å². The van der Waals surface area contributed by atoms with Crippen molar-refractivity contribution < 1.29 is 14.6 Å². The van der Waals surface area contributed by atoms with Crippen LogP contribution in [0.3, 0.4) is 0 Å². The normalized spacial score (nSPS) is 40.0. The summed E-state index contributed by atoms with van der Waals surface area (Å²) < 4.78 is 5.63. The molecule has 0 radical (unpaired) electrons. The van der Waals surface area contributed by atoms with E-state index in [1.165, 1.54) is 0 Å². The van der Waals surface area contributed by atoms with Gasteiger partial charge in [-0.15, -0.1) is 6.58 Å². The lowest BCUT2D eigenvalue weighted by molar-refractivity contribution is -0.152. The fourth-order valence-electron chi connectivity index (χ4n) is 2.75. The first kappa shape index (κ1) is 9.71. The van der Waals surface area contributed by atoms with Gasteiger partial charge in [0.1, 0.15) is 0 Å². The Bertz CT molecular complexity index is 261. The topological polar surface area (TPSA) is 46.5 Å². The molecule has 3 heteroatoms. The number of ether oxygens (including phenoxy) is 1. The zero-order chi connectivity index (χ0) is 10.2. The fraction of sp³-hybridized carbons (Fsp3) is 0.727. The molecular weight excluding hydrogens is 180 g/mol. The van der Waals surface area contributed by atoms with E-state index in [2.05, 4.69) is 6.58 Å². The van der Waals surface area contributed by atoms with E-state index in [1.54, 1.807) is 6.08 Å². The molecule has 2 bridgehead atoms. The quantitative estimate of drug-likeness (QED) is 0.699. The van der Waals surface area contributed by atoms with E-state index in [1.807, 2.05) is 0 Å². The van der Waals surface area contributed by atoms with Gasteiger partial charge in [-0.1, -0.05) is 6.08 Å². The van der Waals surface area contributed by atoms with Gasteiger partial charge in [-0.25, -0.2) is 0 Å². The minimum atomic E-state index is -0.688. The first-order valence-electron chi connectivity index (χ1n) is 5.19. The van der Waals surface area contributed by atoms with Crippen LogP contribution in [-0.4, -0.2) is 23.3 Å². The summed E-state index contributed by atoms with van der Waals surface area (Å²) in [5.74, 6) is -0.688. The third kappa shape index (κ3) is 1.27. The standard InChI is InChI=1S/C11H16O3/c1-2-3-6-11(10(12)13)7-8-4-5-9(11)14-8/h2,8-9H,1,3-7H2,(H,12,13). The van der Waals surface area contributed by atoms with Gasteiger partial charge in [-0.2, -0.15) is 0 Å². The van der Waals surface area contributed by atoms with Gasteiger partial charge >= 0.3 is 5.97 Å². The van der Waals surface area contributed by atoms with Gasteiger partial charge in [0.25, 0.3) is 0 Å². The van der Waals surface area contributed by atoms with Crippen LogP contribution in [0.15, 0.2) is 12.7 Å². The van der Waals surface area contributed by atoms with Crippen LogP contribution in [0, 0.1) is 5.41 Å². The third-order valence-corrected chi connectivity index (χ3v) is 3.54. The van der Waals surface area contributed by atoms with Crippen molar-refractivity contribution >= 4 is 5.97 Å². The van der Waals surface area contributed by atoms with Crippen LogP contribution in [0.5, 0.6) is 0 Å². The Hall–Kier alpha value is -0.830. The molecule has 2 rings (SSSR count). The Labute approximate surface area is 83.8 Å². The average Bonchev–Trinajstić information content (AvgIpc) is 2.74. The van der Waals surface area contributed by atoms with Crippen molar-refractivity contribution in [1.29, 1.82) is 0 Å². The van der Waals surface area contributed by atoms with E-state index in [-0.39, 0.29) is 12.2 Å². The number of fused-ring (bicyclic) bond motifs is 2. The van der Waals surface area contributed by atoms with Gasteiger partial charge in [0, 0.05) is 0 Å². The molecule has 0 spiro atoms. The second kappa shape index (κ2) is 3.39. The molecule has 2 aliphatic rings. The smallest absolute Gasteiger partial charge is 0.312 e. The molecule has 2 aliphatic heterocycles. The van der Waals surface area contributed by atoms with Crippen molar-refractivity contribution in [1.82, 2.24) is 0 Å². The number of hydrogen-bond acceptors (Lipinski definition) is 2. The molecule has 0 aromatic heterocycles. The summed E-state index contributed by atoms with van der Waals surface area (Å²) in [4.78, 5) is 11.3. The minimum Gasteiger partial charge on any atom is -0.481 e. The van der Waals surface area contributed by atoms with Crippen molar-refractivity contribution in [2.24, 2.45) is 5.41 Å². The first-order chi connectivity index (χ1) is 6.69. The largest absolute Gasteiger partial charge is 0.481 e. The SMILES string of the molecule is C=CCCC1(C(=O)O)CC2CCC1O2. The van der Waals surface area contributed by atoms with Crippen LogP contribution in [0.4, 0.5) is 0 Å². The lowest BCUT2D eigenvalue weighted by atomic mass is 9.71. The van der Waals surface area contributed by atoms with Crippen LogP contribution in [-0.2, 0) is 9.53 Å². The maximum atomic E-state index is 11.3. The van der Waals surface area contributed by atoms with Crippen molar-refractivity contribution in [2.45, 2.75) is 44.3 Å². The van der Waals surface area contributed by atoms with Crippen molar-refractivity contribution in [3.8, 4) is 0 Å². The molecule has 1 N–H and O–H groups in total. The second-order valence-corrected chi connectivity index (χ2v) is 4.32. The summed E-state index contributed by atoms with van der Waals surface area (Å²) >= 11 is 0. The molecule has 2 heterocycles. The van der Waals surface area contributed by atoms with Crippen molar-refractivity contribution in [3.63, 3.8) is 0 Å². The maximum absolute atomic E-state index is 11.3. The van der Waals surface area contributed by atoms with Gasteiger partial charge in [-0.3, -0.25) is 4.79 Å². The lowest BCUT2D eigenvalue weighted by Gasteiger charge is -2.30. The number of rotatable bonds is 4. The summed E-state index contributed by atoms with van der Waals surface area (Å²) in [7, 11) is 0. The lowest BCUT2D eigenvalue weighted by Crippen LogP contribution is -2.40. The van der Waals surface area contributed by atoms with Gasteiger partial charge in [0.2, 0.25) is 0 Å². The number of aliphatic carboxylic acids is 1. The highest BCUT2D eigenvalue weighted by Crippen LogP contribution is 2.50. The molecule has 78 valence electrons. The average molecular weight is 196 g/mol. The summed E-state index contributed by atoms with van der Waals surface area (Å²) in [5.41, 5.74) is -0.614. The highest BCUT2D eigenvalue weighted by molar-refractivity contribution is 5.76. The summed E-state index contributed by atoms with van der Waals surface area (Å²) in [6, 6.07) is 0. The van der Waals surface area contributed by atoms with Gasteiger partial charge in [0.15, 0.2) is 0 Å². The molecule has 2 fully saturated rings. The number of carboxylic acid groups (broad SMARTS) is 1. The molecule has 0 amide bonds. The van der Waals surface area contributed by atoms with E-state index in [9.17, 15) is 9.90 Å². The molecule has 0 saturated carbocycles. The number of carbonyl (C=O) groups is 1. The molecule has 3 nitrogen and oxygen atoms in total. The van der Waals surface area contributed by atoms with Crippen LogP contribution < -0.4 is 0 Å². The Morgan fingerprint density at radius 2 is 2.43 bits per heavy atom. The predicted molar refractivity (Wildman–Crippen MR) is 52.0 cm³/mol. The number of allylic oxidation sites excluding steroid dienone is 1. The molecular formula is C11H16O3. The van der Waals surface area contributed by atoms with Crippen LogP contribution in [0.2, 0.25) is 0 Å². The highest BCUT2D eigenvalue weighted by atomic mass is 16.5. The van der Waals surface area contributed by atoms with E-state index >= 15 is 0 Å². The zero-order valence-electron chi connectivity index (χ0n) is 8.24. The van der Waals surface area contributed by atoms with Crippen LogP contribution in [0.1, 0.15) is 32.1 Å². The van der Waals surface area contributed by atoms with Gasteiger partial charge in [0.05, 0.1) is 17.6 Å². The molecule has 0 aromatic rings. The monoisotopic (exact) mass is 196 g/mol. The Kier molecular flexibility index (Phi) is 2.35. The molecule has 2 saturated heterocycles. The van der Waals surface area contributed by atoms with E-state index < -0.39 is 11.4 Å². The number of carboxylic acids is 1. The van der Waals surface area contributed by atoms with E-state index in [0.717, 1.165) is 19.3 Å². The first-order valence-corrected chi connectivity index (χ1v) is 5.19. The predicted octanol–water partition coefficient (Wildman–Crippen LogP) is 1.97. The van der Waals surface area contributed by atoms with E-state index in [0.29, 0.717) is 12.8 Å². The van der Waals surface area contributed by atoms with Gasteiger partial charge < -0.3 is 9.84 Å². The molecule has 3 atom stereocenters. The number of hydrogen-bond donors (Lipinski definition) is 1. The third-order valence-electron chi connectivity index (χ3n) is 3.54. The van der Waals surface area contributed by atoms with E-state index in [4.69, 9.17) is 4.74 Å². The summed E-state index contributed by atoms with van der Waals surface area (Å²) in [5, 5.41) is 9.30. The minimum absolute atomic E-state index is 0.0510.